The quantitative estimate of drug-likeness (QED) is 0.0836. The van der Waals surface area contributed by atoms with Gasteiger partial charge in [-0.1, -0.05) is 11.8 Å². The second-order valence-electron chi connectivity index (χ2n) is 14.3. The highest BCUT2D eigenvalue weighted by Crippen LogP contribution is 2.34. The van der Waals surface area contributed by atoms with Crippen molar-refractivity contribution in [3.8, 4) is 23.3 Å². The van der Waals surface area contributed by atoms with E-state index in [1.807, 2.05) is 53.7 Å². The van der Waals surface area contributed by atoms with E-state index in [4.69, 9.17) is 39.9 Å². The van der Waals surface area contributed by atoms with E-state index in [1.165, 1.54) is 0 Å². The number of rotatable bonds is 22. The molecule has 0 bridgehead atoms. The molecule has 5 N–H and O–H groups in total. The van der Waals surface area contributed by atoms with Crippen LogP contribution in [-0.4, -0.2) is 85.7 Å². The first-order valence-electron chi connectivity index (χ1n) is 18.1. The molecule has 0 aliphatic heterocycles. The number of nitrogen functional groups attached to an aromatic ring is 2. The maximum Gasteiger partial charge on any atom is 0.306 e. The van der Waals surface area contributed by atoms with Crippen LogP contribution in [0.3, 0.4) is 0 Å². The number of carbonyl (C=O) groups excluding carboxylic acids is 3. The number of nitrogens with zero attached hydrogens (tertiary/aromatic N) is 2. The van der Waals surface area contributed by atoms with Crippen molar-refractivity contribution in [1.82, 2.24) is 15.3 Å². The van der Waals surface area contributed by atoms with Crippen molar-refractivity contribution < 1.29 is 42.8 Å². The average Bonchev–Trinajstić information content (AvgIpc) is 3.05. The van der Waals surface area contributed by atoms with Crippen LogP contribution >= 0.6 is 0 Å². The van der Waals surface area contributed by atoms with E-state index in [0.29, 0.717) is 114 Å². The number of methoxy groups -OCH3 is 1. The lowest BCUT2D eigenvalue weighted by Crippen LogP contribution is -2.27. The number of unbranched alkanes of at least 4 members (excludes halogenated alkanes) is 2. The van der Waals surface area contributed by atoms with Gasteiger partial charge in [0.05, 0.1) is 39.1 Å². The molecule has 1 aromatic carbocycles. The number of hydrogen-bond donors (Lipinski definition) is 3. The number of amides is 1. The van der Waals surface area contributed by atoms with Crippen LogP contribution in [0.4, 0.5) is 11.8 Å². The fourth-order valence-electron chi connectivity index (χ4n) is 4.76. The van der Waals surface area contributed by atoms with E-state index in [1.54, 1.807) is 13.3 Å². The fourth-order valence-corrected chi connectivity index (χ4v) is 4.76. The van der Waals surface area contributed by atoms with Crippen LogP contribution in [0.25, 0.3) is 0 Å². The van der Waals surface area contributed by atoms with Crippen molar-refractivity contribution in [2.24, 2.45) is 0 Å². The van der Waals surface area contributed by atoms with Crippen molar-refractivity contribution in [1.29, 1.82) is 0 Å². The van der Waals surface area contributed by atoms with E-state index < -0.39 is 11.2 Å². The molecule has 2 rings (SSSR count). The highest BCUT2D eigenvalue weighted by Gasteiger charge is 2.17. The molecular formula is C39H59N5O9. The first kappa shape index (κ1) is 44.6. The Bertz CT molecular complexity index is 1520. The van der Waals surface area contributed by atoms with E-state index in [9.17, 15) is 14.4 Å². The molecular weight excluding hydrogens is 682 g/mol. The molecule has 0 radical (unpaired) electrons. The summed E-state index contributed by atoms with van der Waals surface area (Å²) in [7, 11) is 1.56. The third-order valence-corrected chi connectivity index (χ3v) is 7.05. The van der Waals surface area contributed by atoms with Gasteiger partial charge in [0.15, 0.2) is 11.5 Å². The minimum atomic E-state index is -0.533. The lowest BCUT2D eigenvalue weighted by atomic mass is 10.0. The Balaban J connectivity index is 1.81. The van der Waals surface area contributed by atoms with Gasteiger partial charge >= 0.3 is 11.9 Å². The largest absolute Gasteiger partial charge is 0.493 e. The molecule has 2 aromatic rings. The molecule has 53 heavy (non-hydrogen) atoms. The summed E-state index contributed by atoms with van der Waals surface area (Å²) in [6, 6.07) is 3.76. The SMILES string of the molecule is COc1cc(Cc2cnc(N)nc2N)cc(C#CCCCC(=O)OC(C)(C)C)c1OCCCCC(=O)NCCOCCOCCCC(=O)OC(C)(C)C. The summed E-state index contributed by atoms with van der Waals surface area (Å²) in [6.45, 7) is 13.4. The standard InChI is InChI=1S/C39H59N5O9/c1-38(2,3)52-33(46)16-10-8-9-14-29-24-28(25-30-27-43-37(41)44-36(30)40)26-31(48-7)35(29)51-20-12-11-15-32(45)42-18-21-50-23-22-49-19-13-17-34(47)53-39(4,5)6/h24,26-27H,8,10-13,15-23,25H2,1-7H3,(H,42,45)(H4,40,41,43,44). The summed E-state index contributed by atoms with van der Waals surface area (Å²) < 4.78 is 33.5. The van der Waals surface area contributed by atoms with Gasteiger partial charge in [-0.3, -0.25) is 14.4 Å². The second kappa shape index (κ2) is 23.1. The molecule has 0 atom stereocenters. The Labute approximate surface area is 314 Å². The molecule has 294 valence electrons. The van der Waals surface area contributed by atoms with Crippen molar-refractivity contribution in [2.75, 3.05) is 58.2 Å². The molecule has 0 aliphatic carbocycles. The molecule has 0 spiro atoms. The molecule has 0 fully saturated rings. The van der Waals surface area contributed by atoms with Gasteiger partial charge in [0, 0.05) is 57.0 Å². The third kappa shape index (κ3) is 20.3. The van der Waals surface area contributed by atoms with Gasteiger partial charge in [0.2, 0.25) is 11.9 Å². The molecule has 1 aromatic heterocycles. The second-order valence-corrected chi connectivity index (χ2v) is 14.3. The predicted octanol–water partition coefficient (Wildman–Crippen LogP) is 4.92. The Hall–Kier alpha value is -4.61. The van der Waals surface area contributed by atoms with Crippen LogP contribution < -0.4 is 26.3 Å². The lowest BCUT2D eigenvalue weighted by molar-refractivity contribution is -0.156. The van der Waals surface area contributed by atoms with Gasteiger partial charge < -0.3 is 45.2 Å². The van der Waals surface area contributed by atoms with E-state index >= 15 is 0 Å². The Morgan fingerprint density at radius 2 is 1.47 bits per heavy atom. The maximum absolute atomic E-state index is 12.3. The molecule has 1 heterocycles. The zero-order chi connectivity index (χ0) is 39.3. The number of aromatic nitrogens is 2. The van der Waals surface area contributed by atoms with Crippen molar-refractivity contribution in [2.45, 2.75) is 111 Å². The number of anilines is 2. The van der Waals surface area contributed by atoms with Crippen LogP contribution in [0, 0.1) is 11.8 Å². The zero-order valence-corrected chi connectivity index (χ0v) is 32.6. The number of hydrogen-bond acceptors (Lipinski definition) is 13. The molecule has 0 saturated heterocycles. The molecule has 14 heteroatoms. The Kier molecular flexibility index (Phi) is 19.4. The Morgan fingerprint density at radius 1 is 0.811 bits per heavy atom. The predicted molar refractivity (Wildman–Crippen MR) is 202 cm³/mol. The monoisotopic (exact) mass is 741 g/mol. The summed E-state index contributed by atoms with van der Waals surface area (Å²) in [5.41, 5.74) is 12.9. The van der Waals surface area contributed by atoms with E-state index in [-0.39, 0.29) is 36.0 Å². The topological polar surface area (TPSA) is 196 Å². The highest BCUT2D eigenvalue weighted by molar-refractivity contribution is 5.75. The van der Waals surface area contributed by atoms with Crippen LogP contribution in [0.2, 0.25) is 0 Å². The summed E-state index contributed by atoms with van der Waals surface area (Å²) in [6.07, 6.45) is 5.80. The van der Waals surface area contributed by atoms with Gasteiger partial charge in [0.25, 0.3) is 0 Å². The minimum absolute atomic E-state index is 0.0715. The number of ether oxygens (including phenoxy) is 6. The summed E-state index contributed by atoms with van der Waals surface area (Å²) in [5.74, 6) is 7.15. The van der Waals surface area contributed by atoms with E-state index in [0.717, 1.165) is 5.56 Å². The lowest BCUT2D eigenvalue weighted by Gasteiger charge is -2.19. The van der Waals surface area contributed by atoms with Gasteiger partial charge in [-0.15, -0.1) is 0 Å². The van der Waals surface area contributed by atoms with Crippen molar-refractivity contribution in [3.05, 3.63) is 35.0 Å². The zero-order valence-electron chi connectivity index (χ0n) is 32.6. The van der Waals surface area contributed by atoms with Crippen LogP contribution in [-0.2, 0) is 39.8 Å². The third-order valence-electron chi connectivity index (χ3n) is 7.05. The number of carbonyl (C=O) groups is 3. The number of nitrogens with one attached hydrogen (secondary N) is 1. The van der Waals surface area contributed by atoms with Crippen LogP contribution in [0.15, 0.2) is 18.3 Å². The summed E-state index contributed by atoms with van der Waals surface area (Å²) in [4.78, 5) is 44.2. The average molecular weight is 742 g/mol. The first-order valence-corrected chi connectivity index (χ1v) is 18.1. The number of benzene rings is 1. The van der Waals surface area contributed by atoms with Gasteiger partial charge in [-0.2, -0.15) is 4.98 Å². The number of nitrogens with two attached hydrogens (primary N) is 2. The summed E-state index contributed by atoms with van der Waals surface area (Å²) in [5, 5.41) is 2.86. The van der Waals surface area contributed by atoms with Crippen LogP contribution in [0.1, 0.15) is 110 Å². The maximum atomic E-state index is 12.3. The molecule has 0 aliphatic rings. The molecule has 0 saturated carbocycles. The highest BCUT2D eigenvalue weighted by atomic mass is 16.6. The summed E-state index contributed by atoms with van der Waals surface area (Å²) >= 11 is 0. The molecule has 1 amide bonds. The smallest absolute Gasteiger partial charge is 0.306 e. The minimum Gasteiger partial charge on any atom is -0.493 e. The van der Waals surface area contributed by atoms with Gasteiger partial charge in [0.1, 0.15) is 17.0 Å². The first-order chi connectivity index (χ1) is 25.1. The van der Waals surface area contributed by atoms with Crippen LogP contribution in [0.5, 0.6) is 11.5 Å². The fraction of sp³-hybridized carbons (Fsp3) is 0.615. The van der Waals surface area contributed by atoms with Gasteiger partial charge in [-0.25, -0.2) is 4.98 Å². The molecule has 0 unspecified atom stereocenters. The number of esters is 2. The van der Waals surface area contributed by atoms with Crippen molar-refractivity contribution in [3.63, 3.8) is 0 Å². The van der Waals surface area contributed by atoms with Crippen molar-refractivity contribution >= 4 is 29.6 Å². The van der Waals surface area contributed by atoms with E-state index in [2.05, 4.69) is 27.1 Å². The normalized spacial score (nSPS) is 11.3. The van der Waals surface area contributed by atoms with Gasteiger partial charge in [-0.05, 0) is 84.9 Å². The molecule has 14 nitrogen and oxygen atoms in total. The Morgan fingerprint density at radius 3 is 2.11 bits per heavy atom.